The standard InChI is InChI=1S/C11H10N2O/c1-9(14)5-6-10-8-13-7-3-2-4-11(13)12-10/h2-8H,1H3/b6-5+. The van der Waals surface area contributed by atoms with Crippen molar-refractivity contribution in [3.8, 4) is 0 Å². The van der Waals surface area contributed by atoms with Gasteiger partial charge in [-0.15, -0.1) is 0 Å². The Kier molecular flexibility index (Phi) is 2.14. The molecule has 0 atom stereocenters. The molecule has 3 heteroatoms. The number of nitrogens with zero attached hydrogens (tertiary/aromatic N) is 2. The molecular weight excluding hydrogens is 176 g/mol. The van der Waals surface area contributed by atoms with E-state index in [2.05, 4.69) is 4.98 Å². The van der Waals surface area contributed by atoms with Gasteiger partial charge in [-0.3, -0.25) is 4.79 Å². The number of allylic oxidation sites excluding steroid dienone is 1. The van der Waals surface area contributed by atoms with Crippen LogP contribution >= 0.6 is 0 Å². The van der Waals surface area contributed by atoms with Gasteiger partial charge in [-0.05, 0) is 31.2 Å². The van der Waals surface area contributed by atoms with E-state index in [0.29, 0.717) is 0 Å². The van der Waals surface area contributed by atoms with Crippen molar-refractivity contribution >= 4 is 17.5 Å². The SMILES string of the molecule is CC(=O)/C=C/c1cn2ccccc2n1. The fourth-order valence-electron chi connectivity index (χ4n) is 1.24. The van der Waals surface area contributed by atoms with Crippen LogP contribution in [0.5, 0.6) is 0 Å². The Balaban J connectivity index is 2.40. The van der Waals surface area contributed by atoms with Crippen molar-refractivity contribution in [2.75, 3.05) is 0 Å². The largest absolute Gasteiger partial charge is 0.306 e. The molecule has 70 valence electrons. The van der Waals surface area contributed by atoms with Gasteiger partial charge in [-0.2, -0.15) is 0 Å². The summed E-state index contributed by atoms with van der Waals surface area (Å²) in [5.74, 6) is 0.0297. The topological polar surface area (TPSA) is 34.4 Å². The molecule has 0 aromatic carbocycles. The predicted molar refractivity (Wildman–Crippen MR) is 54.9 cm³/mol. The van der Waals surface area contributed by atoms with Gasteiger partial charge < -0.3 is 4.40 Å². The van der Waals surface area contributed by atoms with Gasteiger partial charge >= 0.3 is 0 Å². The van der Waals surface area contributed by atoms with Crippen molar-refractivity contribution in [3.63, 3.8) is 0 Å². The first-order valence-electron chi connectivity index (χ1n) is 4.38. The van der Waals surface area contributed by atoms with Gasteiger partial charge in [0.15, 0.2) is 5.78 Å². The van der Waals surface area contributed by atoms with Crippen molar-refractivity contribution in [2.45, 2.75) is 6.92 Å². The minimum absolute atomic E-state index is 0.0297. The Morgan fingerprint density at radius 2 is 2.36 bits per heavy atom. The lowest BCUT2D eigenvalue weighted by Gasteiger charge is -1.86. The molecule has 0 bridgehead atoms. The molecule has 2 heterocycles. The second kappa shape index (κ2) is 3.46. The van der Waals surface area contributed by atoms with Crippen molar-refractivity contribution in [1.29, 1.82) is 0 Å². The second-order valence-electron chi connectivity index (χ2n) is 3.08. The summed E-state index contributed by atoms with van der Waals surface area (Å²) in [4.78, 5) is 15.0. The highest BCUT2D eigenvalue weighted by Crippen LogP contribution is 2.05. The fraction of sp³-hybridized carbons (Fsp3) is 0.0909. The zero-order chi connectivity index (χ0) is 9.97. The van der Waals surface area contributed by atoms with Crippen LogP contribution in [0.25, 0.3) is 11.7 Å². The van der Waals surface area contributed by atoms with E-state index < -0.39 is 0 Å². The van der Waals surface area contributed by atoms with Crippen molar-refractivity contribution < 1.29 is 4.79 Å². The monoisotopic (exact) mass is 186 g/mol. The molecule has 0 saturated carbocycles. The van der Waals surface area contributed by atoms with Crippen LogP contribution < -0.4 is 0 Å². The summed E-state index contributed by atoms with van der Waals surface area (Å²) in [5.41, 5.74) is 1.68. The number of carbonyl (C=O) groups excluding carboxylic acids is 1. The van der Waals surface area contributed by atoms with Gasteiger partial charge in [0.2, 0.25) is 0 Å². The molecule has 2 aromatic heterocycles. The Labute approximate surface area is 81.7 Å². The predicted octanol–water partition coefficient (Wildman–Crippen LogP) is 1.94. The first-order valence-corrected chi connectivity index (χ1v) is 4.38. The molecule has 2 rings (SSSR count). The molecule has 3 nitrogen and oxygen atoms in total. The maximum atomic E-state index is 10.7. The highest BCUT2D eigenvalue weighted by molar-refractivity contribution is 5.91. The van der Waals surface area contributed by atoms with Gasteiger partial charge in [-0.25, -0.2) is 4.98 Å². The summed E-state index contributed by atoms with van der Waals surface area (Å²) in [6, 6.07) is 5.79. The van der Waals surface area contributed by atoms with Crippen molar-refractivity contribution in [3.05, 3.63) is 42.4 Å². The number of pyridine rings is 1. The zero-order valence-electron chi connectivity index (χ0n) is 7.84. The maximum Gasteiger partial charge on any atom is 0.152 e. The van der Waals surface area contributed by atoms with Gasteiger partial charge in [0.1, 0.15) is 5.65 Å². The quantitative estimate of drug-likeness (QED) is 0.672. The number of imidazole rings is 1. The van der Waals surface area contributed by atoms with E-state index in [0.717, 1.165) is 11.3 Å². The molecule has 0 unspecified atom stereocenters. The molecule has 0 aliphatic heterocycles. The molecule has 0 radical (unpaired) electrons. The molecule has 0 spiro atoms. The smallest absolute Gasteiger partial charge is 0.152 e. The van der Waals surface area contributed by atoms with Crippen molar-refractivity contribution in [1.82, 2.24) is 9.38 Å². The van der Waals surface area contributed by atoms with Crippen molar-refractivity contribution in [2.24, 2.45) is 0 Å². The molecule has 0 aliphatic rings. The third kappa shape index (κ3) is 1.71. The minimum Gasteiger partial charge on any atom is -0.306 e. The summed E-state index contributed by atoms with van der Waals surface area (Å²) in [7, 11) is 0. The molecule has 0 saturated heterocycles. The van der Waals surface area contributed by atoms with Crippen LogP contribution in [-0.4, -0.2) is 15.2 Å². The van der Waals surface area contributed by atoms with E-state index in [-0.39, 0.29) is 5.78 Å². The van der Waals surface area contributed by atoms with Crippen LogP contribution in [0.1, 0.15) is 12.6 Å². The Hall–Kier alpha value is -1.90. The second-order valence-corrected chi connectivity index (χ2v) is 3.08. The lowest BCUT2D eigenvalue weighted by atomic mass is 10.3. The van der Waals surface area contributed by atoms with E-state index in [1.54, 1.807) is 6.08 Å². The van der Waals surface area contributed by atoms with E-state index in [1.807, 2.05) is 35.0 Å². The van der Waals surface area contributed by atoms with E-state index in [9.17, 15) is 4.79 Å². The van der Waals surface area contributed by atoms with Crippen LogP contribution in [0.4, 0.5) is 0 Å². The fourth-order valence-corrected chi connectivity index (χ4v) is 1.24. The zero-order valence-corrected chi connectivity index (χ0v) is 7.84. The maximum absolute atomic E-state index is 10.7. The molecule has 0 N–H and O–H groups in total. The first kappa shape index (κ1) is 8.69. The van der Waals surface area contributed by atoms with Gasteiger partial charge in [0.05, 0.1) is 5.69 Å². The molecule has 0 fully saturated rings. The highest BCUT2D eigenvalue weighted by atomic mass is 16.1. The van der Waals surface area contributed by atoms with Gasteiger partial charge in [0.25, 0.3) is 0 Å². The Bertz CT molecular complexity index is 464. The summed E-state index contributed by atoms with van der Waals surface area (Å²) in [6.07, 6.45) is 7.04. The number of carbonyl (C=O) groups is 1. The van der Waals surface area contributed by atoms with E-state index in [4.69, 9.17) is 0 Å². The van der Waals surface area contributed by atoms with Crippen LogP contribution in [0, 0.1) is 0 Å². The number of rotatable bonds is 2. The minimum atomic E-state index is 0.0297. The average Bonchev–Trinajstić information content (AvgIpc) is 2.57. The molecular formula is C11H10N2O. The summed E-state index contributed by atoms with van der Waals surface area (Å²) >= 11 is 0. The van der Waals surface area contributed by atoms with Crippen LogP contribution in [0.3, 0.4) is 0 Å². The number of aromatic nitrogens is 2. The lowest BCUT2D eigenvalue weighted by Crippen LogP contribution is -1.79. The molecule has 0 aliphatic carbocycles. The number of ketones is 1. The number of hydrogen-bond acceptors (Lipinski definition) is 2. The summed E-state index contributed by atoms with van der Waals surface area (Å²) in [5, 5.41) is 0. The Morgan fingerprint density at radius 3 is 3.07 bits per heavy atom. The lowest BCUT2D eigenvalue weighted by molar-refractivity contribution is -0.112. The third-order valence-electron chi connectivity index (χ3n) is 1.87. The average molecular weight is 186 g/mol. The third-order valence-corrected chi connectivity index (χ3v) is 1.87. The van der Waals surface area contributed by atoms with Crippen LogP contribution in [0.2, 0.25) is 0 Å². The normalized spacial score (nSPS) is 11.2. The number of hydrogen-bond donors (Lipinski definition) is 0. The van der Waals surface area contributed by atoms with Gasteiger partial charge in [-0.1, -0.05) is 6.07 Å². The molecule has 2 aromatic rings. The molecule has 0 amide bonds. The number of fused-ring (bicyclic) bond motifs is 1. The summed E-state index contributed by atoms with van der Waals surface area (Å²) < 4.78 is 1.92. The Morgan fingerprint density at radius 1 is 1.50 bits per heavy atom. The van der Waals surface area contributed by atoms with E-state index >= 15 is 0 Å². The highest BCUT2D eigenvalue weighted by Gasteiger charge is 1.96. The summed E-state index contributed by atoms with van der Waals surface area (Å²) in [6.45, 7) is 1.52. The van der Waals surface area contributed by atoms with Gasteiger partial charge in [0, 0.05) is 12.4 Å². The van der Waals surface area contributed by atoms with E-state index in [1.165, 1.54) is 13.0 Å². The van der Waals surface area contributed by atoms with Crippen LogP contribution in [-0.2, 0) is 4.79 Å². The van der Waals surface area contributed by atoms with Crippen LogP contribution in [0.15, 0.2) is 36.7 Å². The first-order chi connectivity index (χ1) is 6.75. The molecule has 14 heavy (non-hydrogen) atoms.